The first kappa shape index (κ1) is 16.0. The molecule has 0 aromatic rings. The van der Waals surface area contributed by atoms with E-state index in [4.69, 9.17) is 28.7 Å². The van der Waals surface area contributed by atoms with E-state index in [2.05, 4.69) is 20.3 Å². The van der Waals surface area contributed by atoms with Gasteiger partial charge in [-0.25, -0.2) is 0 Å². The lowest BCUT2D eigenvalue weighted by molar-refractivity contribution is 0.833. The van der Waals surface area contributed by atoms with Crippen LogP contribution in [0.4, 0.5) is 0 Å². The molecule has 0 aliphatic carbocycles. The standard InChI is InChI=1S/C9H23N9/c10-3-1-4-16-8(13)18-9(14)17-6-2-5-15-7(11)12/h1-6,10H2,(H4,11,12,15)(H5,13,14,16,17,18). The van der Waals surface area contributed by atoms with Crippen molar-refractivity contribution in [2.45, 2.75) is 12.8 Å². The third kappa shape index (κ3) is 10.5. The second-order valence-corrected chi connectivity index (χ2v) is 3.46. The first-order valence-electron chi connectivity index (χ1n) is 5.68. The quantitative estimate of drug-likeness (QED) is 0.163. The molecule has 0 radical (unpaired) electrons. The van der Waals surface area contributed by atoms with Crippen LogP contribution in [0.5, 0.6) is 0 Å². The maximum absolute atomic E-state index is 5.59. The summed E-state index contributed by atoms with van der Waals surface area (Å²) in [6.45, 7) is 2.16. The molecule has 0 aromatic heterocycles. The van der Waals surface area contributed by atoms with Crippen molar-refractivity contribution < 1.29 is 0 Å². The van der Waals surface area contributed by atoms with Gasteiger partial charge < -0.3 is 28.7 Å². The Morgan fingerprint density at radius 1 is 0.778 bits per heavy atom. The Hall–Kier alpha value is -2.03. The van der Waals surface area contributed by atoms with Gasteiger partial charge in [-0.05, 0) is 19.4 Å². The fraction of sp³-hybridized carbons (Fsp3) is 0.667. The highest BCUT2D eigenvalue weighted by Crippen LogP contribution is 1.82. The van der Waals surface area contributed by atoms with Gasteiger partial charge in [0.1, 0.15) is 0 Å². The topological polar surface area (TPSA) is 179 Å². The van der Waals surface area contributed by atoms with E-state index in [0.717, 1.165) is 6.42 Å². The number of nitrogens with one attached hydrogen (secondary N) is 1. The van der Waals surface area contributed by atoms with Crippen LogP contribution in [0.15, 0.2) is 15.0 Å². The summed E-state index contributed by atoms with van der Waals surface area (Å²) in [7, 11) is 0. The number of aliphatic imine (C=N–C) groups is 3. The van der Waals surface area contributed by atoms with Gasteiger partial charge in [0, 0.05) is 19.6 Å². The SMILES string of the molecule is NCCCN=C(N)NC(N)=NCCCN=C(N)N. The van der Waals surface area contributed by atoms with Crippen LogP contribution in [-0.2, 0) is 0 Å². The Morgan fingerprint density at radius 2 is 1.28 bits per heavy atom. The van der Waals surface area contributed by atoms with Crippen LogP contribution in [-0.4, -0.2) is 44.1 Å². The van der Waals surface area contributed by atoms with E-state index in [1.165, 1.54) is 0 Å². The van der Waals surface area contributed by atoms with E-state index in [0.29, 0.717) is 32.6 Å². The molecule has 0 aromatic carbocycles. The van der Waals surface area contributed by atoms with Crippen molar-refractivity contribution >= 4 is 17.9 Å². The molecular formula is C9H23N9. The molecule has 11 N–H and O–H groups in total. The first-order valence-corrected chi connectivity index (χ1v) is 5.68. The third-order valence-electron chi connectivity index (χ3n) is 1.79. The van der Waals surface area contributed by atoms with Gasteiger partial charge >= 0.3 is 0 Å². The van der Waals surface area contributed by atoms with Gasteiger partial charge in [0.25, 0.3) is 0 Å². The van der Waals surface area contributed by atoms with Gasteiger partial charge in [0.05, 0.1) is 0 Å². The highest BCUT2D eigenvalue weighted by molar-refractivity contribution is 5.96. The molecule has 0 aliphatic rings. The molecule has 0 aliphatic heterocycles. The van der Waals surface area contributed by atoms with Crippen LogP contribution in [0.25, 0.3) is 0 Å². The molecule has 0 unspecified atom stereocenters. The van der Waals surface area contributed by atoms with Crippen molar-refractivity contribution in [2.24, 2.45) is 43.6 Å². The minimum Gasteiger partial charge on any atom is -0.370 e. The summed E-state index contributed by atoms with van der Waals surface area (Å²) in [5, 5.41) is 2.67. The van der Waals surface area contributed by atoms with E-state index in [1.807, 2.05) is 0 Å². The van der Waals surface area contributed by atoms with Gasteiger partial charge in [-0.2, -0.15) is 0 Å². The predicted octanol–water partition coefficient (Wildman–Crippen LogP) is -2.78. The van der Waals surface area contributed by atoms with Crippen molar-refractivity contribution in [1.29, 1.82) is 0 Å². The molecule has 9 heteroatoms. The van der Waals surface area contributed by atoms with Crippen molar-refractivity contribution in [3.63, 3.8) is 0 Å². The second kappa shape index (κ2) is 10.1. The smallest absolute Gasteiger partial charge is 0.195 e. The molecule has 18 heavy (non-hydrogen) atoms. The number of guanidine groups is 3. The zero-order valence-corrected chi connectivity index (χ0v) is 10.5. The summed E-state index contributed by atoms with van der Waals surface area (Å²) in [5.41, 5.74) is 26.8. The van der Waals surface area contributed by atoms with Crippen LogP contribution in [0.1, 0.15) is 12.8 Å². The Morgan fingerprint density at radius 3 is 1.78 bits per heavy atom. The van der Waals surface area contributed by atoms with E-state index in [1.54, 1.807) is 0 Å². The van der Waals surface area contributed by atoms with Crippen LogP contribution in [0, 0.1) is 0 Å². The normalized spacial score (nSPS) is 12.3. The molecule has 0 spiro atoms. The van der Waals surface area contributed by atoms with E-state index in [9.17, 15) is 0 Å². The molecule has 9 nitrogen and oxygen atoms in total. The average molecular weight is 257 g/mol. The molecule has 0 bridgehead atoms. The van der Waals surface area contributed by atoms with Gasteiger partial charge in [0.15, 0.2) is 17.9 Å². The van der Waals surface area contributed by atoms with Crippen LogP contribution >= 0.6 is 0 Å². The molecule has 0 fully saturated rings. The van der Waals surface area contributed by atoms with Crippen molar-refractivity contribution in [3.8, 4) is 0 Å². The minimum absolute atomic E-state index is 0.0707. The summed E-state index contributed by atoms with van der Waals surface area (Å²) in [6, 6.07) is 0. The molecule has 0 saturated carbocycles. The molecule has 0 heterocycles. The number of hydrogen-bond donors (Lipinski definition) is 6. The van der Waals surface area contributed by atoms with Crippen molar-refractivity contribution in [2.75, 3.05) is 26.2 Å². The van der Waals surface area contributed by atoms with Crippen LogP contribution in [0.3, 0.4) is 0 Å². The van der Waals surface area contributed by atoms with Crippen molar-refractivity contribution in [1.82, 2.24) is 5.32 Å². The Kier molecular flexibility index (Phi) is 9.00. The molecule has 0 saturated heterocycles. The van der Waals surface area contributed by atoms with Crippen LogP contribution < -0.4 is 34.0 Å². The Bertz CT molecular complexity index is 303. The average Bonchev–Trinajstić information content (AvgIpc) is 2.28. The number of nitrogens with zero attached hydrogens (tertiary/aromatic N) is 3. The maximum atomic E-state index is 5.59. The fourth-order valence-corrected chi connectivity index (χ4v) is 0.979. The fourth-order valence-electron chi connectivity index (χ4n) is 0.979. The largest absolute Gasteiger partial charge is 0.370 e. The van der Waals surface area contributed by atoms with Gasteiger partial charge in [0.2, 0.25) is 0 Å². The van der Waals surface area contributed by atoms with Gasteiger partial charge in [-0.3, -0.25) is 20.3 Å². The zero-order chi connectivity index (χ0) is 13.8. The van der Waals surface area contributed by atoms with E-state index < -0.39 is 0 Å². The van der Waals surface area contributed by atoms with E-state index in [-0.39, 0.29) is 17.9 Å². The highest BCUT2D eigenvalue weighted by atomic mass is 15.2. The Labute approximate surface area is 107 Å². The molecule has 0 atom stereocenters. The second-order valence-electron chi connectivity index (χ2n) is 3.46. The first-order chi connectivity index (χ1) is 8.56. The lowest BCUT2D eigenvalue weighted by atomic mass is 10.4. The summed E-state index contributed by atoms with van der Waals surface area (Å²) >= 11 is 0. The van der Waals surface area contributed by atoms with Gasteiger partial charge in [-0.15, -0.1) is 0 Å². The molecule has 104 valence electrons. The number of rotatable bonds is 7. The molecule has 0 amide bonds. The summed E-state index contributed by atoms with van der Waals surface area (Å²) < 4.78 is 0. The van der Waals surface area contributed by atoms with Crippen LogP contribution in [0.2, 0.25) is 0 Å². The summed E-state index contributed by atoms with van der Waals surface area (Å²) in [6.07, 6.45) is 1.47. The zero-order valence-electron chi connectivity index (χ0n) is 10.5. The Balaban J connectivity index is 3.82. The highest BCUT2D eigenvalue weighted by Gasteiger charge is 1.94. The molecular weight excluding hydrogens is 234 g/mol. The minimum atomic E-state index is 0.0707. The summed E-state index contributed by atoms with van der Waals surface area (Å²) in [5.74, 6) is 0.518. The van der Waals surface area contributed by atoms with Gasteiger partial charge in [-0.1, -0.05) is 0 Å². The maximum Gasteiger partial charge on any atom is 0.195 e. The lowest BCUT2D eigenvalue weighted by Crippen LogP contribution is -2.41. The number of hydrogen-bond acceptors (Lipinski definition) is 4. The van der Waals surface area contributed by atoms with Crippen molar-refractivity contribution in [3.05, 3.63) is 0 Å². The number of nitrogens with two attached hydrogens (primary N) is 5. The third-order valence-corrected chi connectivity index (χ3v) is 1.79. The lowest BCUT2D eigenvalue weighted by Gasteiger charge is -2.04. The van der Waals surface area contributed by atoms with E-state index >= 15 is 0 Å². The monoisotopic (exact) mass is 257 g/mol. The predicted molar refractivity (Wildman–Crippen MR) is 75.1 cm³/mol. The molecule has 0 rings (SSSR count). The summed E-state index contributed by atoms with van der Waals surface area (Å²) in [4.78, 5) is 11.9.